The van der Waals surface area contributed by atoms with Gasteiger partial charge in [-0.05, 0) is 69.0 Å². The molecule has 3 aromatic rings. The average Bonchev–Trinajstić information content (AvgIpc) is 2.95. The summed E-state index contributed by atoms with van der Waals surface area (Å²) in [6.07, 6.45) is 1.59. The number of anilines is 1. The zero-order chi connectivity index (χ0) is 30.2. The lowest BCUT2D eigenvalue weighted by Gasteiger charge is -2.33. The molecule has 0 aliphatic rings. The fraction of sp³-hybridized carbons (Fsp3) is 0.355. The molecular weight excluding hydrogens is 581 g/mol. The SMILES string of the molecule is CC[C@@H](C)NC(=O)[C@@H](CC)N(CCc1ccccc1)C(=O)CN(c1ccc(Cl)c(Cl)c1)S(=O)(=O)c1ccc(C)cc1. The zero-order valence-electron chi connectivity index (χ0n) is 23.8. The Balaban J connectivity index is 2.03. The molecule has 0 fully saturated rings. The second-order valence-electron chi connectivity index (χ2n) is 9.99. The Kier molecular flexibility index (Phi) is 11.6. The van der Waals surface area contributed by atoms with Gasteiger partial charge in [0.05, 0.1) is 20.6 Å². The summed E-state index contributed by atoms with van der Waals surface area (Å²) in [7, 11) is -4.19. The van der Waals surface area contributed by atoms with Gasteiger partial charge in [-0.25, -0.2) is 8.42 Å². The monoisotopic (exact) mass is 617 g/mol. The largest absolute Gasteiger partial charge is 0.352 e. The van der Waals surface area contributed by atoms with E-state index in [9.17, 15) is 18.0 Å². The number of carbonyl (C=O) groups is 2. The smallest absolute Gasteiger partial charge is 0.264 e. The van der Waals surface area contributed by atoms with Crippen molar-refractivity contribution in [2.75, 3.05) is 17.4 Å². The molecule has 3 rings (SSSR count). The highest BCUT2D eigenvalue weighted by Crippen LogP contribution is 2.31. The minimum atomic E-state index is -4.19. The molecule has 0 heterocycles. The fourth-order valence-corrected chi connectivity index (χ4v) is 6.04. The predicted octanol–water partition coefficient (Wildman–Crippen LogP) is 6.26. The van der Waals surface area contributed by atoms with E-state index in [-0.39, 0.29) is 39.1 Å². The van der Waals surface area contributed by atoms with E-state index in [1.165, 1.54) is 35.2 Å². The second kappa shape index (κ2) is 14.7. The van der Waals surface area contributed by atoms with Crippen LogP contribution in [0, 0.1) is 6.92 Å². The van der Waals surface area contributed by atoms with Crippen molar-refractivity contribution in [3.8, 4) is 0 Å². The van der Waals surface area contributed by atoms with Crippen LogP contribution in [0.4, 0.5) is 5.69 Å². The van der Waals surface area contributed by atoms with Crippen LogP contribution >= 0.6 is 23.2 Å². The maximum atomic E-state index is 14.1. The minimum absolute atomic E-state index is 0.0272. The molecule has 2 atom stereocenters. The molecule has 0 aliphatic carbocycles. The molecule has 7 nitrogen and oxygen atoms in total. The number of hydrogen-bond donors (Lipinski definition) is 1. The summed E-state index contributed by atoms with van der Waals surface area (Å²) in [4.78, 5) is 28.9. The molecule has 0 aromatic heterocycles. The third-order valence-corrected chi connectivity index (χ3v) is 9.48. The third kappa shape index (κ3) is 8.47. The van der Waals surface area contributed by atoms with Crippen LogP contribution in [0.3, 0.4) is 0 Å². The van der Waals surface area contributed by atoms with Gasteiger partial charge in [0.1, 0.15) is 12.6 Å². The predicted molar refractivity (Wildman–Crippen MR) is 166 cm³/mol. The molecule has 10 heteroatoms. The van der Waals surface area contributed by atoms with Crippen LogP contribution in [0.15, 0.2) is 77.7 Å². The van der Waals surface area contributed by atoms with E-state index in [1.807, 2.05) is 58.0 Å². The van der Waals surface area contributed by atoms with Crippen LogP contribution in [-0.4, -0.2) is 50.3 Å². The van der Waals surface area contributed by atoms with Crippen LogP contribution < -0.4 is 9.62 Å². The molecule has 0 bridgehead atoms. The quantitative estimate of drug-likeness (QED) is 0.245. The van der Waals surface area contributed by atoms with Gasteiger partial charge in [-0.2, -0.15) is 0 Å². The lowest BCUT2D eigenvalue weighted by molar-refractivity contribution is -0.139. The minimum Gasteiger partial charge on any atom is -0.352 e. The molecule has 0 saturated carbocycles. The zero-order valence-corrected chi connectivity index (χ0v) is 26.1. The highest BCUT2D eigenvalue weighted by molar-refractivity contribution is 7.92. The molecule has 0 saturated heterocycles. The normalized spacial score (nSPS) is 12.8. The van der Waals surface area contributed by atoms with E-state index < -0.39 is 28.5 Å². The molecule has 2 amide bonds. The molecule has 1 N–H and O–H groups in total. The fourth-order valence-electron chi connectivity index (χ4n) is 4.34. The lowest BCUT2D eigenvalue weighted by atomic mass is 10.1. The van der Waals surface area contributed by atoms with Crippen LogP contribution in [0.25, 0.3) is 0 Å². The summed E-state index contributed by atoms with van der Waals surface area (Å²) in [5.74, 6) is -0.778. The summed E-state index contributed by atoms with van der Waals surface area (Å²) < 4.78 is 28.9. The first-order chi connectivity index (χ1) is 19.5. The summed E-state index contributed by atoms with van der Waals surface area (Å²) in [5, 5.41) is 3.39. The molecule has 0 unspecified atom stereocenters. The van der Waals surface area contributed by atoms with Crippen molar-refractivity contribution in [3.63, 3.8) is 0 Å². The van der Waals surface area contributed by atoms with E-state index in [0.29, 0.717) is 12.8 Å². The van der Waals surface area contributed by atoms with Gasteiger partial charge in [-0.1, -0.05) is 85.1 Å². The van der Waals surface area contributed by atoms with Gasteiger partial charge in [0.15, 0.2) is 0 Å². The first-order valence-corrected chi connectivity index (χ1v) is 15.9. The number of nitrogens with one attached hydrogen (secondary N) is 1. The Morgan fingerprint density at radius 1 is 0.902 bits per heavy atom. The van der Waals surface area contributed by atoms with Crippen LogP contribution in [0.2, 0.25) is 10.0 Å². The van der Waals surface area contributed by atoms with Crippen molar-refractivity contribution < 1.29 is 18.0 Å². The summed E-state index contributed by atoms with van der Waals surface area (Å²) in [6.45, 7) is 7.27. The number of sulfonamides is 1. The number of nitrogens with zero attached hydrogens (tertiary/aromatic N) is 2. The molecule has 0 aliphatic heterocycles. The molecule has 3 aromatic carbocycles. The van der Waals surface area contributed by atoms with Gasteiger partial charge < -0.3 is 10.2 Å². The number of hydrogen-bond acceptors (Lipinski definition) is 4. The molecule has 0 radical (unpaired) electrons. The Morgan fingerprint density at radius 3 is 2.15 bits per heavy atom. The van der Waals surface area contributed by atoms with Gasteiger partial charge in [0, 0.05) is 12.6 Å². The van der Waals surface area contributed by atoms with Crippen LogP contribution in [-0.2, 0) is 26.0 Å². The molecular formula is C31H37Cl2N3O4S. The van der Waals surface area contributed by atoms with Crippen LogP contribution in [0.1, 0.15) is 44.7 Å². The summed E-state index contributed by atoms with van der Waals surface area (Å²) >= 11 is 12.4. The summed E-state index contributed by atoms with van der Waals surface area (Å²) in [6, 6.07) is 19.6. The van der Waals surface area contributed by atoms with Crippen molar-refractivity contribution in [1.29, 1.82) is 0 Å². The maximum absolute atomic E-state index is 14.1. The van der Waals surface area contributed by atoms with Gasteiger partial charge in [-0.3, -0.25) is 13.9 Å². The number of aryl methyl sites for hydroxylation is 1. The van der Waals surface area contributed by atoms with Gasteiger partial charge >= 0.3 is 0 Å². The maximum Gasteiger partial charge on any atom is 0.264 e. The van der Waals surface area contributed by atoms with Gasteiger partial charge in [-0.15, -0.1) is 0 Å². The Hall–Kier alpha value is -3.07. The highest BCUT2D eigenvalue weighted by Gasteiger charge is 2.34. The van der Waals surface area contributed by atoms with Crippen molar-refractivity contribution in [2.45, 2.75) is 63.9 Å². The molecule has 0 spiro atoms. The number of rotatable bonds is 13. The average molecular weight is 619 g/mol. The van der Waals surface area contributed by atoms with Crippen molar-refractivity contribution in [1.82, 2.24) is 10.2 Å². The highest BCUT2D eigenvalue weighted by atomic mass is 35.5. The van der Waals surface area contributed by atoms with E-state index in [1.54, 1.807) is 12.1 Å². The first kappa shape index (κ1) is 32.4. The summed E-state index contributed by atoms with van der Waals surface area (Å²) in [5.41, 5.74) is 2.08. The topological polar surface area (TPSA) is 86.8 Å². The lowest BCUT2D eigenvalue weighted by Crippen LogP contribution is -2.54. The van der Waals surface area contributed by atoms with Gasteiger partial charge in [0.25, 0.3) is 10.0 Å². The third-order valence-electron chi connectivity index (χ3n) is 6.95. The van der Waals surface area contributed by atoms with Crippen molar-refractivity contribution in [2.24, 2.45) is 0 Å². The van der Waals surface area contributed by atoms with E-state index in [4.69, 9.17) is 23.2 Å². The second-order valence-corrected chi connectivity index (χ2v) is 12.7. The Bertz CT molecular complexity index is 1430. The van der Waals surface area contributed by atoms with E-state index >= 15 is 0 Å². The van der Waals surface area contributed by atoms with Crippen LogP contribution in [0.5, 0.6) is 0 Å². The van der Waals surface area contributed by atoms with E-state index in [2.05, 4.69) is 5.32 Å². The van der Waals surface area contributed by atoms with Crippen molar-refractivity contribution >= 4 is 50.7 Å². The molecule has 220 valence electrons. The van der Waals surface area contributed by atoms with Gasteiger partial charge in [0.2, 0.25) is 11.8 Å². The standard InChI is InChI=1S/C31H37Cl2N3O4S/c1-5-23(4)34-31(38)29(6-2)35(19-18-24-10-8-7-9-11-24)30(37)21-36(25-14-17-27(32)28(33)20-25)41(39,40)26-15-12-22(3)13-16-26/h7-17,20,23,29H,5-6,18-19,21H2,1-4H3,(H,34,38)/t23-,29-/m1/s1. The van der Waals surface area contributed by atoms with Crippen molar-refractivity contribution in [3.05, 3.63) is 94.0 Å². The Morgan fingerprint density at radius 2 is 1.56 bits per heavy atom. The number of halogens is 2. The number of amides is 2. The number of benzene rings is 3. The van der Waals surface area contributed by atoms with E-state index in [0.717, 1.165) is 21.9 Å². The Labute approximate surface area is 253 Å². The first-order valence-electron chi connectivity index (χ1n) is 13.7. The number of carbonyl (C=O) groups excluding carboxylic acids is 2. The molecule has 41 heavy (non-hydrogen) atoms.